The van der Waals surface area contributed by atoms with E-state index in [2.05, 4.69) is 46.8 Å². The van der Waals surface area contributed by atoms with Gasteiger partial charge in [0.2, 0.25) is 0 Å². The lowest BCUT2D eigenvalue weighted by Crippen LogP contribution is -2.14. The molecular weight excluding hydrogens is 405 g/mol. The van der Waals surface area contributed by atoms with Crippen LogP contribution in [0.3, 0.4) is 0 Å². The molecule has 29 heavy (non-hydrogen) atoms. The Morgan fingerprint density at radius 2 is 2.00 bits per heavy atom. The average Bonchev–Trinajstić information content (AvgIpc) is 3.29. The number of aliphatic hydroxyl groups excluding tert-OH is 1. The van der Waals surface area contributed by atoms with Crippen LogP contribution in [0.25, 0.3) is 22.2 Å². The minimum atomic E-state index is -0.678. The Morgan fingerprint density at radius 1 is 1.14 bits per heavy atom. The minimum absolute atomic E-state index is 0. The second-order valence-electron chi connectivity index (χ2n) is 7.61. The molecule has 156 valence electrons. The van der Waals surface area contributed by atoms with Crippen LogP contribution in [0.5, 0.6) is 0 Å². The van der Waals surface area contributed by atoms with E-state index in [9.17, 15) is 5.11 Å². The van der Waals surface area contributed by atoms with E-state index in [0.717, 1.165) is 41.0 Å². The van der Waals surface area contributed by atoms with Gasteiger partial charge in [0.05, 0.1) is 0 Å². The van der Waals surface area contributed by atoms with Crippen molar-refractivity contribution in [3.8, 4) is 11.3 Å². The number of benzene rings is 2. The predicted molar refractivity (Wildman–Crippen MR) is 124 cm³/mol. The van der Waals surface area contributed by atoms with Crippen LogP contribution in [-0.2, 0) is 13.1 Å². The van der Waals surface area contributed by atoms with E-state index in [-0.39, 0.29) is 12.4 Å². The van der Waals surface area contributed by atoms with Crippen molar-refractivity contribution in [2.24, 2.45) is 0 Å². The van der Waals surface area contributed by atoms with Crippen LogP contribution in [0.1, 0.15) is 55.5 Å². The fourth-order valence-electron chi connectivity index (χ4n) is 4.01. The van der Waals surface area contributed by atoms with Gasteiger partial charge in [-0.15, -0.1) is 12.4 Å². The van der Waals surface area contributed by atoms with E-state index < -0.39 is 6.23 Å². The third-order valence-corrected chi connectivity index (χ3v) is 5.91. The highest BCUT2D eigenvalue weighted by atomic mass is 35.5. The molecule has 2 heterocycles. The van der Waals surface area contributed by atoms with Crippen LogP contribution >= 0.6 is 24.0 Å². The summed E-state index contributed by atoms with van der Waals surface area (Å²) in [6.07, 6.45) is 4.45. The van der Waals surface area contributed by atoms with E-state index in [1.165, 1.54) is 36.6 Å². The van der Waals surface area contributed by atoms with Gasteiger partial charge in [-0.25, -0.2) is 0 Å². The number of halogens is 2. The van der Waals surface area contributed by atoms with E-state index in [1.807, 2.05) is 12.1 Å². The van der Waals surface area contributed by atoms with E-state index in [1.54, 1.807) is 0 Å². The van der Waals surface area contributed by atoms with Gasteiger partial charge in [0.1, 0.15) is 6.23 Å². The van der Waals surface area contributed by atoms with Crippen LogP contribution in [0, 0.1) is 0 Å². The Labute approximate surface area is 183 Å². The maximum Gasteiger partial charge on any atom is 0.132 e. The van der Waals surface area contributed by atoms with Crippen LogP contribution < -0.4 is 10.6 Å². The molecule has 0 fully saturated rings. The molecule has 0 saturated heterocycles. The maximum absolute atomic E-state index is 10.3. The highest BCUT2D eigenvalue weighted by molar-refractivity contribution is 6.31. The van der Waals surface area contributed by atoms with Crippen molar-refractivity contribution >= 4 is 34.9 Å². The molecule has 4 N–H and O–H groups in total. The summed E-state index contributed by atoms with van der Waals surface area (Å²) in [5, 5.41) is 18.8. The fraction of sp³-hybridized carbons (Fsp3) is 0.391. The number of H-pyrrole nitrogens is 1. The van der Waals surface area contributed by atoms with Gasteiger partial charge < -0.3 is 15.4 Å². The van der Waals surface area contributed by atoms with Gasteiger partial charge in [-0.2, -0.15) is 0 Å². The SMILES string of the molecule is CCCCCCNCc1ccc2[nH]c(-c3ccc(Cl)c4c3C(O)NC4)cc2c1.Cl. The Hall–Kier alpha value is -1.56. The summed E-state index contributed by atoms with van der Waals surface area (Å²) in [6, 6.07) is 12.6. The number of rotatable bonds is 8. The summed E-state index contributed by atoms with van der Waals surface area (Å²) in [4.78, 5) is 3.50. The van der Waals surface area contributed by atoms with E-state index >= 15 is 0 Å². The Kier molecular flexibility index (Phi) is 7.60. The summed E-state index contributed by atoms with van der Waals surface area (Å²) < 4.78 is 0. The van der Waals surface area contributed by atoms with Crippen molar-refractivity contribution in [3.05, 3.63) is 58.1 Å². The van der Waals surface area contributed by atoms with Gasteiger partial charge in [-0.1, -0.05) is 49.9 Å². The summed E-state index contributed by atoms with van der Waals surface area (Å²) in [7, 11) is 0. The quantitative estimate of drug-likeness (QED) is 0.345. The van der Waals surface area contributed by atoms with Crippen molar-refractivity contribution in [2.75, 3.05) is 6.54 Å². The van der Waals surface area contributed by atoms with Crippen LogP contribution in [0.4, 0.5) is 0 Å². The molecule has 4 nitrogen and oxygen atoms in total. The average molecular weight is 434 g/mol. The molecule has 1 unspecified atom stereocenters. The lowest BCUT2D eigenvalue weighted by molar-refractivity contribution is 0.152. The largest absolute Gasteiger partial charge is 0.374 e. The molecule has 1 aromatic heterocycles. The summed E-state index contributed by atoms with van der Waals surface area (Å²) in [6.45, 7) is 4.79. The first-order valence-corrected chi connectivity index (χ1v) is 10.6. The van der Waals surface area contributed by atoms with Gasteiger partial charge in [0.25, 0.3) is 0 Å². The molecule has 4 rings (SSSR count). The molecule has 2 aromatic carbocycles. The number of nitrogens with one attached hydrogen (secondary N) is 3. The van der Waals surface area contributed by atoms with Gasteiger partial charge in [-0.3, -0.25) is 5.32 Å². The maximum atomic E-state index is 10.3. The van der Waals surface area contributed by atoms with E-state index in [4.69, 9.17) is 11.6 Å². The van der Waals surface area contributed by atoms with Crippen LogP contribution in [-0.4, -0.2) is 16.6 Å². The highest BCUT2D eigenvalue weighted by Crippen LogP contribution is 2.38. The summed E-state index contributed by atoms with van der Waals surface area (Å²) in [5.41, 5.74) is 6.27. The number of aliphatic hydroxyl groups is 1. The number of fused-ring (bicyclic) bond motifs is 2. The van der Waals surface area contributed by atoms with Crippen molar-refractivity contribution in [2.45, 2.75) is 51.9 Å². The van der Waals surface area contributed by atoms with Gasteiger partial charge in [-0.05, 0) is 48.4 Å². The number of unbranched alkanes of at least 4 members (excludes halogenated alkanes) is 3. The Balaban J connectivity index is 0.00000240. The molecule has 0 saturated carbocycles. The summed E-state index contributed by atoms with van der Waals surface area (Å²) in [5.74, 6) is 0. The number of aromatic nitrogens is 1. The van der Waals surface area contributed by atoms with Gasteiger partial charge >= 0.3 is 0 Å². The molecule has 1 aliphatic heterocycles. The van der Waals surface area contributed by atoms with Crippen molar-refractivity contribution in [1.82, 2.24) is 15.6 Å². The molecule has 0 bridgehead atoms. The highest BCUT2D eigenvalue weighted by Gasteiger charge is 2.26. The summed E-state index contributed by atoms with van der Waals surface area (Å²) >= 11 is 6.31. The second-order valence-corrected chi connectivity index (χ2v) is 8.02. The molecule has 6 heteroatoms. The standard InChI is InChI=1S/C23H28ClN3O.ClH/c1-2-3-4-5-10-25-13-15-6-9-20-16(11-15)12-21(27-20)17-7-8-19(24)18-14-26-23(28)22(17)18;/h6-9,11-12,23,25-28H,2-5,10,13-14H2,1H3;1H. The van der Waals surface area contributed by atoms with Crippen LogP contribution in [0.15, 0.2) is 36.4 Å². The van der Waals surface area contributed by atoms with Crippen LogP contribution in [0.2, 0.25) is 5.02 Å². The molecule has 3 aromatic rings. The predicted octanol–water partition coefficient (Wildman–Crippen LogP) is 5.67. The molecule has 0 aliphatic carbocycles. The third kappa shape index (κ3) is 4.79. The first-order chi connectivity index (χ1) is 13.7. The van der Waals surface area contributed by atoms with E-state index in [0.29, 0.717) is 11.6 Å². The zero-order valence-electron chi connectivity index (χ0n) is 16.7. The van der Waals surface area contributed by atoms with Gasteiger partial charge in [0, 0.05) is 45.8 Å². The smallest absolute Gasteiger partial charge is 0.132 e. The minimum Gasteiger partial charge on any atom is -0.374 e. The topological polar surface area (TPSA) is 60.1 Å². The molecular formula is C23H29Cl2N3O. The Bertz CT molecular complexity index is 970. The number of hydrogen-bond acceptors (Lipinski definition) is 3. The van der Waals surface area contributed by atoms with Crippen molar-refractivity contribution in [1.29, 1.82) is 0 Å². The molecule has 1 atom stereocenters. The van der Waals surface area contributed by atoms with Crippen molar-refractivity contribution < 1.29 is 5.11 Å². The number of hydrogen-bond donors (Lipinski definition) is 4. The molecule has 0 spiro atoms. The zero-order valence-corrected chi connectivity index (χ0v) is 18.3. The first kappa shape index (κ1) is 22.1. The molecule has 0 radical (unpaired) electrons. The molecule has 1 aliphatic rings. The monoisotopic (exact) mass is 433 g/mol. The first-order valence-electron chi connectivity index (χ1n) is 10.2. The lowest BCUT2D eigenvalue weighted by Gasteiger charge is -2.11. The number of aromatic amines is 1. The second kappa shape index (κ2) is 9.96. The normalized spacial score (nSPS) is 15.5. The molecule has 0 amide bonds. The lowest BCUT2D eigenvalue weighted by atomic mass is 10.00. The third-order valence-electron chi connectivity index (χ3n) is 5.56. The van der Waals surface area contributed by atoms with Crippen molar-refractivity contribution in [3.63, 3.8) is 0 Å². The fourth-order valence-corrected chi connectivity index (χ4v) is 4.24. The zero-order chi connectivity index (χ0) is 19.5. The Morgan fingerprint density at radius 3 is 2.83 bits per heavy atom. The van der Waals surface area contributed by atoms with Gasteiger partial charge in [0.15, 0.2) is 0 Å².